The largest absolute Gasteiger partial charge is 0.360 e. The molecule has 1 heterocycles. The molecule has 1 aromatic carbocycles. The lowest BCUT2D eigenvalue weighted by Crippen LogP contribution is -2.20. The third-order valence-corrected chi connectivity index (χ3v) is 3.88. The van der Waals surface area contributed by atoms with E-state index in [1.54, 1.807) is 6.20 Å². The van der Waals surface area contributed by atoms with Crippen LogP contribution in [0.25, 0.3) is 0 Å². The smallest absolute Gasteiger partial charge is 0.228 e. The van der Waals surface area contributed by atoms with Gasteiger partial charge in [-0.1, -0.05) is 37.6 Å². The van der Waals surface area contributed by atoms with Crippen molar-refractivity contribution >= 4 is 17.4 Å². The molecule has 23 heavy (non-hydrogen) atoms. The van der Waals surface area contributed by atoms with Gasteiger partial charge in [0, 0.05) is 13.6 Å². The Morgan fingerprint density at radius 1 is 1.22 bits per heavy atom. The topological polar surface area (TPSA) is 45.2 Å². The first-order valence-electron chi connectivity index (χ1n) is 8.11. The van der Waals surface area contributed by atoms with E-state index in [0.29, 0.717) is 6.42 Å². The Balaban J connectivity index is 1.93. The number of nitrogens with one attached hydrogen (secondary N) is 1. The maximum absolute atomic E-state index is 12.1. The van der Waals surface area contributed by atoms with E-state index < -0.39 is 0 Å². The molecule has 0 unspecified atom stereocenters. The number of hydrogen-bond acceptors (Lipinski definition) is 3. The van der Waals surface area contributed by atoms with Crippen molar-refractivity contribution in [3.05, 3.63) is 53.7 Å². The number of unbranched alkanes of at least 4 members (excludes halogenated alkanes) is 1. The number of rotatable bonds is 7. The highest BCUT2D eigenvalue weighted by Crippen LogP contribution is 2.14. The van der Waals surface area contributed by atoms with Crippen molar-refractivity contribution in [2.24, 2.45) is 0 Å². The van der Waals surface area contributed by atoms with E-state index in [0.717, 1.165) is 42.0 Å². The minimum absolute atomic E-state index is 0.0202. The summed E-state index contributed by atoms with van der Waals surface area (Å²) in [6, 6.07) is 11.8. The van der Waals surface area contributed by atoms with Gasteiger partial charge >= 0.3 is 0 Å². The van der Waals surface area contributed by atoms with Gasteiger partial charge in [-0.2, -0.15) is 0 Å². The normalized spacial score (nSPS) is 10.4. The molecule has 2 aromatic rings. The van der Waals surface area contributed by atoms with Crippen LogP contribution in [0.4, 0.5) is 11.5 Å². The van der Waals surface area contributed by atoms with Gasteiger partial charge in [-0.05, 0) is 36.6 Å². The minimum atomic E-state index is -0.0202. The molecule has 0 aliphatic carbocycles. The van der Waals surface area contributed by atoms with Crippen molar-refractivity contribution < 1.29 is 4.79 Å². The standard InChI is InChI=1S/C19H25N3O/c1-4-5-12-22(3)18-11-10-17(14-20-18)21-19(23)13-16-9-7-6-8-15(16)2/h6-11,14H,4-5,12-13H2,1-3H3,(H,21,23). The first-order chi connectivity index (χ1) is 11.1. The van der Waals surface area contributed by atoms with Crippen molar-refractivity contribution in [3.63, 3.8) is 0 Å². The highest BCUT2D eigenvalue weighted by atomic mass is 16.1. The van der Waals surface area contributed by atoms with E-state index in [1.807, 2.05) is 50.4 Å². The molecule has 0 aliphatic rings. The molecule has 0 radical (unpaired) electrons. The predicted octanol–water partition coefficient (Wildman–Crippen LogP) is 3.81. The molecule has 4 nitrogen and oxygen atoms in total. The second kappa shape index (κ2) is 8.32. The van der Waals surface area contributed by atoms with E-state index >= 15 is 0 Å². The number of carbonyl (C=O) groups is 1. The molecule has 4 heteroatoms. The van der Waals surface area contributed by atoms with Gasteiger partial charge in [0.1, 0.15) is 5.82 Å². The fourth-order valence-electron chi connectivity index (χ4n) is 2.38. The number of nitrogens with zero attached hydrogens (tertiary/aromatic N) is 2. The summed E-state index contributed by atoms with van der Waals surface area (Å²) in [5.74, 6) is 0.906. The van der Waals surface area contributed by atoms with Crippen LogP contribution in [0.3, 0.4) is 0 Å². The first kappa shape index (κ1) is 17.0. The molecule has 2 rings (SSSR count). The molecule has 1 amide bonds. The molecule has 0 spiro atoms. The summed E-state index contributed by atoms with van der Waals surface area (Å²) < 4.78 is 0. The molecule has 0 saturated heterocycles. The average Bonchev–Trinajstić information content (AvgIpc) is 2.55. The van der Waals surface area contributed by atoms with Crippen molar-refractivity contribution in [2.45, 2.75) is 33.1 Å². The van der Waals surface area contributed by atoms with Crippen LogP contribution in [0.2, 0.25) is 0 Å². The summed E-state index contributed by atoms with van der Waals surface area (Å²) in [6.45, 7) is 5.18. The third kappa shape index (κ3) is 5.09. The molecular formula is C19H25N3O. The third-order valence-electron chi connectivity index (χ3n) is 3.88. The number of carbonyl (C=O) groups excluding carboxylic acids is 1. The van der Waals surface area contributed by atoms with Gasteiger partial charge in [-0.25, -0.2) is 4.98 Å². The summed E-state index contributed by atoms with van der Waals surface area (Å²) in [5.41, 5.74) is 2.92. The Morgan fingerprint density at radius 2 is 2.00 bits per heavy atom. The maximum atomic E-state index is 12.1. The van der Waals surface area contributed by atoms with Gasteiger partial charge in [0.25, 0.3) is 0 Å². The lowest BCUT2D eigenvalue weighted by Gasteiger charge is -2.17. The van der Waals surface area contributed by atoms with Crippen LogP contribution in [0, 0.1) is 6.92 Å². The number of aromatic nitrogens is 1. The van der Waals surface area contributed by atoms with Gasteiger partial charge in [-0.3, -0.25) is 4.79 Å². The highest BCUT2D eigenvalue weighted by molar-refractivity contribution is 5.92. The van der Waals surface area contributed by atoms with Crippen LogP contribution < -0.4 is 10.2 Å². The van der Waals surface area contributed by atoms with Crippen molar-refractivity contribution in [2.75, 3.05) is 23.8 Å². The fourth-order valence-corrected chi connectivity index (χ4v) is 2.38. The maximum Gasteiger partial charge on any atom is 0.228 e. The molecule has 0 atom stereocenters. The van der Waals surface area contributed by atoms with Crippen LogP contribution >= 0.6 is 0 Å². The summed E-state index contributed by atoms with van der Waals surface area (Å²) in [4.78, 5) is 18.7. The number of aryl methyl sites for hydroxylation is 1. The SMILES string of the molecule is CCCCN(C)c1ccc(NC(=O)Cc2ccccc2C)cn1. The minimum Gasteiger partial charge on any atom is -0.360 e. The second-order valence-corrected chi connectivity index (χ2v) is 5.83. The Morgan fingerprint density at radius 3 is 2.65 bits per heavy atom. The molecule has 0 aliphatic heterocycles. The van der Waals surface area contributed by atoms with Crippen molar-refractivity contribution in [3.8, 4) is 0 Å². The van der Waals surface area contributed by atoms with Crippen molar-refractivity contribution in [1.82, 2.24) is 4.98 Å². The molecule has 1 aromatic heterocycles. The zero-order valence-electron chi connectivity index (χ0n) is 14.2. The number of hydrogen-bond donors (Lipinski definition) is 1. The summed E-state index contributed by atoms with van der Waals surface area (Å²) in [7, 11) is 2.04. The van der Waals surface area contributed by atoms with E-state index in [1.165, 1.54) is 0 Å². The van der Waals surface area contributed by atoms with Gasteiger partial charge in [-0.15, -0.1) is 0 Å². The second-order valence-electron chi connectivity index (χ2n) is 5.83. The van der Waals surface area contributed by atoms with E-state index in [-0.39, 0.29) is 5.91 Å². The van der Waals surface area contributed by atoms with E-state index in [9.17, 15) is 4.79 Å². The Hall–Kier alpha value is -2.36. The summed E-state index contributed by atoms with van der Waals surface area (Å²) >= 11 is 0. The number of amides is 1. The highest BCUT2D eigenvalue weighted by Gasteiger charge is 2.07. The van der Waals surface area contributed by atoms with Gasteiger partial charge in [0.2, 0.25) is 5.91 Å². The summed E-state index contributed by atoms with van der Waals surface area (Å²) in [5, 5.41) is 2.91. The molecule has 1 N–H and O–H groups in total. The Labute approximate surface area is 138 Å². The van der Waals surface area contributed by atoms with Gasteiger partial charge in [0.15, 0.2) is 0 Å². The van der Waals surface area contributed by atoms with Crippen LogP contribution in [0.5, 0.6) is 0 Å². The lowest BCUT2D eigenvalue weighted by molar-refractivity contribution is -0.115. The summed E-state index contributed by atoms with van der Waals surface area (Å²) in [6.07, 6.45) is 4.41. The zero-order valence-corrected chi connectivity index (χ0v) is 14.2. The molecular weight excluding hydrogens is 286 g/mol. The molecule has 122 valence electrons. The number of anilines is 2. The molecule has 0 fully saturated rings. The Kier molecular flexibility index (Phi) is 6.15. The van der Waals surface area contributed by atoms with Gasteiger partial charge < -0.3 is 10.2 Å². The monoisotopic (exact) mass is 311 g/mol. The van der Waals surface area contributed by atoms with E-state index in [2.05, 4.69) is 22.1 Å². The number of pyridine rings is 1. The quantitative estimate of drug-likeness (QED) is 0.846. The molecule has 0 bridgehead atoms. The Bertz CT molecular complexity index is 637. The predicted molar refractivity (Wildman–Crippen MR) is 95.9 cm³/mol. The van der Waals surface area contributed by atoms with Crippen LogP contribution in [0.15, 0.2) is 42.6 Å². The van der Waals surface area contributed by atoms with E-state index in [4.69, 9.17) is 0 Å². The van der Waals surface area contributed by atoms with Crippen LogP contribution in [-0.2, 0) is 11.2 Å². The first-order valence-corrected chi connectivity index (χ1v) is 8.11. The lowest BCUT2D eigenvalue weighted by atomic mass is 10.1. The van der Waals surface area contributed by atoms with Crippen molar-refractivity contribution in [1.29, 1.82) is 0 Å². The number of benzene rings is 1. The van der Waals surface area contributed by atoms with Gasteiger partial charge in [0.05, 0.1) is 18.3 Å². The average molecular weight is 311 g/mol. The van der Waals surface area contributed by atoms with Crippen LogP contribution in [-0.4, -0.2) is 24.5 Å². The molecule has 0 saturated carbocycles. The fraction of sp³-hybridized carbons (Fsp3) is 0.368. The van der Waals surface area contributed by atoms with Crippen LogP contribution in [0.1, 0.15) is 30.9 Å². The zero-order chi connectivity index (χ0) is 16.7.